The predicted octanol–water partition coefficient (Wildman–Crippen LogP) is 2.78. The van der Waals surface area contributed by atoms with Gasteiger partial charge < -0.3 is 4.90 Å². The van der Waals surface area contributed by atoms with Crippen molar-refractivity contribution in [1.82, 2.24) is 10.2 Å². The van der Waals surface area contributed by atoms with Crippen molar-refractivity contribution in [3.63, 3.8) is 0 Å². The van der Waals surface area contributed by atoms with Crippen molar-refractivity contribution in [1.29, 1.82) is 5.26 Å². The van der Waals surface area contributed by atoms with Gasteiger partial charge in [-0.25, -0.2) is 0 Å². The Morgan fingerprint density at radius 2 is 2.17 bits per heavy atom. The van der Waals surface area contributed by atoms with Crippen LogP contribution >= 0.6 is 0 Å². The van der Waals surface area contributed by atoms with Crippen molar-refractivity contribution < 1.29 is 0 Å². The molecule has 0 aromatic carbocycles. The molecule has 1 N–H and O–H groups in total. The minimum Gasteiger partial charge on any atom is -0.303 e. The fourth-order valence-electron chi connectivity index (χ4n) is 2.70. The molecule has 0 radical (unpaired) electrons. The molecule has 0 saturated carbocycles. The Balaban J connectivity index is 2.41. The van der Waals surface area contributed by atoms with Gasteiger partial charge in [0.25, 0.3) is 0 Å². The van der Waals surface area contributed by atoms with Crippen LogP contribution in [0.3, 0.4) is 0 Å². The second kappa shape index (κ2) is 6.54. The van der Waals surface area contributed by atoms with E-state index in [1.807, 2.05) is 6.92 Å². The molecule has 0 spiro atoms. The lowest BCUT2D eigenvalue weighted by molar-refractivity contribution is 0.111. The Morgan fingerprint density at radius 3 is 2.72 bits per heavy atom. The zero-order valence-corrected chi connectivity index (χ0v) is 12.6. The van der Waals surface area contributed by atoms with Crippen LogP contribution < -0.4 is 5.32 Å². The first-order chi connectivity index (χ1) is 8.41. The van der Waals surface area contributed by atoms with Crippen LogP contribution in [-0.4, -0.2) is 36.6 Å². The second-order valence-electron chi connectivity index (χ2n) is 6.66. The van der Waals surface area contributed by atoms with Crippen LogP contribution in [0.4, 0.5) is 0 Å². The molecule has 104 valence electrons. The van der Waals surface area contributed by atoms with E-state index in [1.165, 1.54) is 25.9 Å². The van der Waals surface area contributed by atoms with Gasteiger partial charge in [-0.15, -0.1) is 0 Å². The van der Waals surface area contributed by atoms with E-state index in [4.69, 9.17) is 0 Å². The van der Waals surface area contributed by atoms with E-state index >= 15 is 0 Å². The zero-order valence-electron chi connectivity index (χ0n) is 12.6. The largest absolute Gasteiger partial charge is 0.303 e. The lowest BCUT2D eigenvalue weighted by Gasteiger charge is -2.39. The standard InChI is InChI=1S/C15H29N3/c1-5-9-17-15(4,12-16)8-11-18-10-6-7-14(2,3)13-18/h17H,5-11,13H2,1-4H3. The molecule has 1 aliphatic rings. The number of rotatable bonds is 6. The van der Waals surface area contributed by atoms with E-state index in [0.29, 0.717) is 5.41 Å². The molecule has 0 amide bonds. The zero-order chi connectivity index (χ0) is 13.6. The van der Waals surface area contributed by atoms with Crippen molar-refractivity contribution in [2.45, 2.75) is 58.9 Å². The van der Waals surface area contributed by atoms with Crippen LogP contribution in [0, 0.1) is 16.7 Å². The molecule has 0 bridgehead atoms. The van der Waals surface area contributed by atoms with Crippen molar-refractivity contribution >= 4 is 0 Å². The first kappa shape index (κ1) is 15.5. The maximum atomic E-state index is 9.31. The number of piperidine rings is 1. The van der Waals surface area contributed by atoms with Gasteiger partial charge in [0.2, 0.25) is 0 Å². The average molecular weight is 251 g/mol. The third kappa shape index (κ3) is 4.96. The van der Waals surface area contributed by atoms with Crippen molar-refractivity contribution in [2.75, 3.05) is 26.2 Å². The highest BCUT2D eigenvalue weighted by Gasteiger charge is 2.29. The van der Waals surface area contributed by atoms with E-state index in [2.05, 4.69) is 37.1 Å². The van der Waals surface area contributed by atoms with Gasteiger partial charge in [0.05, 0.1) is 6.07 Å². The minimum atomic E-state index is -0.363. The van der Waals surface area contributed by atoms with Crippen molar-refractivity contribution in [3.8, 4) is 6.07 Å². The molecular weight excluding hydrogens is 222 g/mol. The lowest BCUT2D eigenvalue weighted by atomic mass is 9.84. The molecule has 1 rings (SSSR count). The Morgan fingerprint density at radius 1 is 1.44 bits per heavy atom. The molecule has 1 unspecified atom stereocenters. The summed E-state index contributed by atoms with van der Waals surface area (Å²) in [4.78, 5) is 2.52. The smallest absolute Gasteiger partial charge is 0.105 e. The average Bonchev–Trinajstić information content (AvgIpc) is 2.33. The molecule has 3 nitrogen and oxygen atoms in total. The van der Waals surface area contributed by atoms with E-state index < -0.39 is 0 Å². The quantitative estimate of drug-likeness (QED) is 0.789. The lowest BCUT2D eigenvalue weighted by Crippen LogP contribution is -2.47. The molecule has 18 heavy (non-hydrogen) atoms. The fourth-order valence-corrected chi connectivity index (χ4v) is 2.70. The summed E-state index contributed by atoms with van der Waals surface area (Å²) in [6.45, 7) is 13.2. The highest BCUT2D eigenvalue weighted by Crippen LogP contribution is 2.28. The molecular formula is C15H29N3. The summed E-state index contributed by atoms with van der Waals surface area (Å²) < 4.78 is 0. The third-order valence-electron chi connectivity index (χ3n) is 3.92. The summed E-state index contributed by atoms with van der Waals surface area (Å²) in [6.07, 6.45) is 4.61. The molecule has 1 atom stereocenters. The van der Waals surface area contributed by atoms with Crippen LogP contribution in [0.15, 0.2) is 0 Å². The molecule has 1 saturated heterocycles. The monoisotopic (exact) mass is 251 g/mol. The van der Waals surface area contributed by atoms with E-state index in [9.17, 15) is 5.26 Å². The van der Waals surface area contributed by atoms with Gasteiger partial charge in [-0.2, -0.15) is 5.26 Å². The summed E-state index contributed by atoms with van der Waals surface area (Å²) in [6, 6.07) is 2.44. The highest BCUT2D eigenvalue weighted by molar-refractivity contribution is 5.04. The molecule has 3 heteroatoms. The maximum absolute atomic E-state index is 9.31. The van der Waals surface area contributed by atoms with Gasteiger partial charge in [0, 0.05) is 13.1 Å². The SMILES string of the molecule is CCCNC(C)(C#N)CCN1CCCC(C)(C)C1. The second-order valence-corrected chi connectivity index (χ2v) is 6.66. The van der Waals surface area contributed by atoms with Gasteiger partial charge >= 0.3 is 0 Å². The Bertz CT molecular complexity index is 293. The number of hydrogen-bond donors (Lipinski definition) is 1. The first-order valence-electron chi connectivity index (χ1n) is 7.29. The van der Waals surface area contributed by atoms with Gasteiger partial charge in [0.1, 0.15) is 5.54 Å². The van der Waals surface area contributed by atoms with Gasteiger partial charge in [-0.1, -0.05) is 20.8 Å². The van der Waals surface area contributed by atoms with E-state index in [-0.39, 0.29) is 5.54 Å². The first-order valence-corrected chi connectivity index (χ1v) is 7.29. The number of nitrogens with zero attached hydrogens (tertiary/aromatic N) is 2. The van der Waals surface area contributed by atoms with E-state index in [1.54, 1.807) is 0 Å². The topological polar surface area (TPSA) is 39.1 Å². The van der Waals surface area contributed by atoms with Gasteiger partial charge in [-0.3, -0.25) is 5.32 Å². The number of nitrogens with one attached hydrogen (secondary N) is 1. The molecule has 0 aromatic rings. The summed E-state index contributed by atoms with van der Waals surface area (Å²) in [7, 11) is 0. The summed E-state index contributed by atoms with van der Waals surface area (Å²) >= 11 is 0. The van der Waals surface area contributed by atoms with Gasteiger partial charge in [0.15, 0.2) is 0 Å². The fraction of sp³-hybridized carbons (Fsp3) is 0.933. The van der Waals surface area contributed by atoms with E-state index in [0.717, 1.165) is 25.9 Å². The molecule has 1 heterocycles. The number of nitriles is 1. The summed E-state index contributed by atoms with van der Waals surface area (Å²) in [5, 5.41) is 12.7. The Labute approximate surface area is 113 Å². The summed E-state index contributed by atoms with van der Waals surface area (Å²) in [5.74, 6) is 0. The number of likely N-dealkylation sites (tertiary alicyclic amines) is 1. The molecule has 1 aliphatic heterocycles. The normalized spacial score (nSPS) is 23.3. The molecule has 0 aliphatic carbocycles. The Hall–Kier alpha value is -0.590. The van der Waals surface area contributed by atoms with Crippen LogP contribution in [-0.2, 0) is 0 Å². The van der Waals surface area contributed by atoms with Crippen LogP contribution in [0.5, 0.6) is 0 Å². The number of hydrogen-bond acceptors (Lipinski definition) is 3. The van der Waals surface area contributed by atoms with Crippen molar-refractivity contribution in [3.05, 3.63) is 0 Å². The Kier molecular flexibility index (Phi) is 5.62. The van der Waals surface area contributed by atoms with Crippen LogP contribution in [0.2, 0.25) is 0 Å². The van der Waals surface area contributed by atoms with Crippen LogP contribution in [0.25, 0.3) is 0 Å². The highest BCUT2D eigenvalue weighted by atomic mass is 15.1. The molecule has 0 aromatic heterocycles. The third-order valence-corrected chi connectivity index (χ3v) is 3.92. The maximum Gasteiger partial charge on any atom is 0.105 e. The summed E-state index contributed by atoms with van der Waals surface area (Å²) in [5.41, 5.74) is 0.0791. The minimum absolute atomic E-state index is 0.363. The van der Waals surface area contributed by atoms with Crippen molar-refractivity contribution in [2.24, 2.45) is 5.41 Å². The van der Waals surface area contributed by atoms with Crippen LogP contribution in [0.1, 0.15) is 53.4 Å². The predicted molar refractivity (Wildman–Crippen MR) is 76.4 cm³/mol. The van der Waals surface area contributed by atoms with Gasteiger partial charge in [-0.05, 0) is 51.1 Å². The molecule has 1 fully saturated rings.